The molecule has 5 nitrogen and oxygen atoms in total. The monoisotopic (exact) mass is 266 g/mol. The van der Waals surface area contributed by atoms with Gasteiger partial charge in [0, 0.05) is 12.6 Å². The average Bonchev–Trinajstić information content (AvgIpc) is 2.45. The second kappa shape index (κ2) is 7.63. The van der Waals surface area contributed by atoms with Gasteiger partial charge >= 0.3 is 0 Å². The molecule has 0 fully saturated rings. The second-order valence-corrected chi connectivity index (χ2v) is 4.26. The van der Waals surface area contributed by atoms with Gasteiger partial charge in [-0.05, 0) is 24.6 Å². The minimum atomic E-state index is -0.195. The molecule has 0 radical (unpaired) electrons. The molecule has 1 rings (SSSR count). The molecular formula is C14H22N2O3. The van der Waals surface area contributed by atoms with Gasteiger partial charge in [0.25, 0.3) is 5.91 Å². The molecule has 106 valence electrons. The maximum Gasteiger partial charge on any atom is 0.255 e. The first-order valence-electron chi connectivity index (χ1n) is 6.39. The molecule has 1 unspecified atom stereocenters. The number of hydrogen-bond acceptors (Lipinski definition) is 4. The Kier molecular flexibility index (Phi) is 6.15. The first-order chi connectivity index (χ1) is 9.15. The Bertz CT molecular complexity index is 421. The number of ether oxygens (including phenoxy) is 2. The SMILES string of the molecule is CCCC(CN)NC(=O)c1cc(OC)ccc1OC. The van der Waals surface area contributed by atoms with Crippen LogP contribution in [0.15, 0.2) is 18.2 Å². The van der Waals surface area contributed by atoms with E-state index < -0.39 is 0 Å². The van der Waals surface area contributed by atoms with Gasteiger partial charge in [0.15, 0.2) is 0 Å². The number of nitrogens with two attached hydrogens (primary N) is 1. The summed E-state index contributed by atoms with van der Waals surface area (Å²) in [6.07, 6.45) is 1.83. The molecule has 0 aliphatic rings. The molecule has 0 heterocycles. The topological polar surface area (TPSA) is 73.6 Å². The van der Waals surface area contributed by atoms with Crippen LogP contribution in [0, 0.1) is 0 Å². The number of methoxy groups -OCH3 is 2. The van der Waals surface area contributed by atoms with Crippen LogP contribution in [-0.4, -0.2) is 32.7 Å². The van der Waals surface area contributed by atoms with E-state index in [1.807, 2.05) is 0 Å². The molecule has 3 N–H and O–H groups in total. The van der Waals surface area contributed by atoms with Gasteiger partial charge in [0.2, 0.25) is 0 Å². The fourth-order valence-corrected chi connectivity index (χ4v) is 1.85. The summed E-state index contributed by atoms with van der Waals surface area (Å²) in [6.45, 7) is 2.48. The molecule has 0 aliphatic heterocycles. The minimum Gasteiger partial charge on any atom is -0.497 e. The Morgan fingerprint density at radius 3 is 2.63 bits per heavy atom. The van der Waals surface area contributed by atoms with Crippen molar-refractivity contribution in [3.05, 3.63) is 23.8 Å². The second-order valence-electron chi connectivity index (χ2n) is 4.26. The van der Waals surface area contributed by atoms with E-state index in [2.05, 4.69) is 12.2 Å². The number of rotatable bonds is 7. The van der Waals surface area contributed by atoms with E-state index in [1.165, 1.54) is 7.11 Å². The van der Waals surface area contributed by atoms with Gasteiger partial charge in [-0.1, -0.05) is 13.3 Å². The van der Waals surface area contributed by atoms with Gasteiger partial charge in [-0.15, -0.1) is 0 Å². The number of hydrogen-bond donors (Lipinski definition) is 2. The summed E-state index contributed by atoms with van der Waals surface area (Å²) in [7, 11) is 3.09. The van der Waals surface area contributed by atoms with E-state index in [9.17, 15) is 4.79 Å². The van der Waals surface area contributed by atoms with Crippen LogP contribution in [-0.2, 0) is 0 Å². The highest BCUT2D eigenvalue weighted by Gasteiger charge is 2.16. The van der Waals surface area contributed by atoms with Crippen molar-refractivity contribution in [3.8, 4) is 11.5 Å². The van der Waals surface area contributed by atoms with Crippen molar-refractivity contribution in [2.75, 3.05) is 20.8 Å². The number of carbonyl (C=O) groups is 1. The van der Waals surface area contributed by atoms with E-state index in [1.54, 1.807) is 25.3 Å². The number of benzene rings is 1. The van der Waals surface area contributed by atoms with Gasteiger partial charge in [-0.25, -0.2) is 0 Å². The normalized spacial score (nSPS) is 11.8. The summed E-state index contributed by atoms with van der Waals surface area (Å²) in [6, 6.07) is 5.11. The highest BCUT2D eigenvalue weighted by molar-refractivity contribution is 5.97. The third-order valence-corrected chi connectivity index (χ3v) is 2.91. The Morgan fingerprint density at radius 2 is 2.11 bits per heavy atom. The first-order valence-corrected chi connectivity index (χ1v) is 6.39. The smallest absolute Gasteiger partial charge is 0.255 e. The zero-order valence-corrected chi connectivity index (χ0v) is 11.7. The molecule has 1 aromatic rings. The largest absolute Gasteiger partial charge is 0.497 e. The van der Waals surface area contributed by atoms with Gasteiger partial charge in [-0.3, -0.25) is 4.79 Å². The molecule has 19 heavy (non-hydrogen) atoms. The highest BCUT2D eigenvalue weighted by Crippen LogP contribution is 2.23. The number of nitrogens with one attached hydrogen (secondary N) is 1. The van der Waals surface area contributed by atoms with Crippen LogP contribution in [0.4, 0.5) is 0 Å². The molecule has 0 spiro atoms. The fraction of sp³-hybridized carbons (Fsp3) is 0.500. The van der Waals surface area contributed by atoms with E-state index in [-0.39, 0.29) is 11.9 Å². The van der Waals surface area contributed by atoms with Crippen molar-refractivity contribution in [2.24, 2.45) is 5.73 Å². The third kappa shape index (κ3) is 4.13. The minimum absolute atomic E-state index is 0.0200. The summed E-state index contributed by atoms with van der Waals surface area (Å²) < 4.78 is 10.3. The van der Waals surface area contributed by atoms with Crippen LogP contribution in [0.1, 0.15) is 30.1 Å². The zero-order chi connectivity index (χ0) is 14.3. The lowest BCUT2D eigenvalue weighted by atomic mass is 10.1. The molecule has 0 saturated heterocycles. The zero-order valence-electron chi connectivity index (χ0n) is 11.7. The predicted octanol–water partition coefficient (Wildman–Crippen LogP) is 1.56. The lowest BCUT2D eigenvalue weighted by Crippen LogP contribution is -2.40. The van der Waals surface area contributed by atoms with E-state index in [0.29, 0.717) is 23.6 Å². The van der Waals surface area contributed by atoms with E-state index >= 15 is 0 Å². The van der Waals surface area contributed by atoms with Gasteiger partial charge in [0.05, 0.1) is 19.8 Å². The Morgan fingerprint density at radius 1 is 1.37 bits per heavy atom. The molecule has 1 aromatic carbocycles. The lowest BCUT2D eigenvalue weighted by Gasteiger charge is -2.17. The fourth-order valence-electron chi connectivity index (χ4n) is 1.85. The van der Waals surface area contributed by atoms with Crippen molar-refractivity contribution in [2.45, 2.75) is 25.8 Å². The van der Waals surface area contributed by atoms with Crippen molar-refractivity contribution >= 4 is 5.91 Å². The van der Waals surface area contributed by atoms with Crippen LogP contribution in [0.3, 0.4) is 0 Å². The van der Waals surface area contributed by atoms with Crippen molar-refractivity contribution in [1.82, 2.24) is 5.32 Å². The standard InChI is InChI=1S/C14H22N2O3/c1-4-5-10(9-15)16-14(17)12-8-11(18-2)6-7-13(12)19-3/h6-8,10H,4-5,9,15H2,1-3H3,(H,16,17). The van der Waals surface area contributed by atoms with Crippen LogP contribution < -0.4 is 20.5 Å². The molecule has 1 amide bonds. The van der Waals surface area contributed by atoms with Gasteiger partial charge < -0.3 is 20.5 Å². The van der Waals surface area contributed by atoms with Crippen LogP contribution >= 0.6 is 0 Å². The summed E-state index contributed by atoms with van der Waals surface area (Å²) in [4.78, 5) is 12.2. The van der Waals surface area contributed by atoms with Gasteiger partial charge in [0.1, 0.15) is 11.5 Å². The predicted molar refractivity (Wildman–Crippen MR) is 74.8 cm³/mol. The molecular weight excluding hydrogens is 244 g/mol. The van der Waals surface area contributed by atoms with Crippen molar-refractivity contribution < 1.29 is 14.3 Å². The third-order valence-electron chi connectivity index (χ3n) is 2.91. The Hall–Kier alpha value is -1.75. The highest BCUT2D eigenvalue weighted by atomic mass is 16.5. The van der Waals surface area contributed by atoms with Crippen LogP contribution in [0.5, 0.6) is 11.5 Å². The van der Waals surface area contributed by atoms with Crippen LogP contribution in [0.25, 0.3) is 0 Å². The maximum atomic E-state index is 12.2. The van der Waals surface area contributed by atoms with Crippen LogP contribution in [0.2, 0.25) is 0 Å². The average molecular weight is 266 g/mol. The summed E-state index contributed by atoms with van der Waals surface area (Å²) >= 11 is 0. The summed E-state index contributed by atoms with van der Waals surface area (Å²) in [5, 5.41) is 2.91. The maximum absolute atomic E-state index is 12.2. The van der Waals surface area contributed by atoms with Gasteiger partial charge in [-0.2, -0.15) is 0 Å². The van der Waals surface area contributed by atoms with E-state index in [0.717, 1.165) is 12.8 Å². The Labute approximate surface area is 114 Å². The Balaban J connectivity index is 2.90. The summed E-state index contributed by atoms with van der Waals surface area (Å²) in [5.74, 6) is 0.941. The van der Waals surface area contributed by atoms with E-state index in [4.69, 9.17) is 15.2 Å². The quantitative estimate of drug-likeness (QED) is 0.785. The molecule has 5 heteroatoms. The number of amides is 1. The molecule has 0 bridgehead atoms. The van der Waals surface area contributed by atoms with Crippen molar-refractivity contribution in [1.29, 1.82) is 0 Å². The number of carbonyl (C=O) groups excluding carboxylic acids is 1. The van der Waals surface area contributed by atoms with Crippen molar-refractivity contribution in [3.63, 3.8) is 0 Å². The molecule has 0 aliphatic carbocycles. The first kappa shape index (κ1) is 15.3. The molecule has 1 atom stereocenters. The molecule has 0 aromatic heterocycles. The lowest BCUT2D eigenvalue weighted by molar-refractivity contribution is 0.0932. The molecule has 0 saturated carbocycles. The summed E-state index contributed by atoms with van der Waals surface area (Å²) in [5.41, 5.74) is 6.10.